The number of fused-ring (bicyclic) bond motifs is 4. The molecule has 2 aliphatic heterocycles. The molecule has 1 N–H and O–H groups in total. The Labute approximate surface area is 290 Å². The molecule has 6 atom stereocenters. The van der Waals surface area contributed by atoms with Gasteiger partial charge in [0.2, 0.25) is 15.9 Å². The van der Waals surface area contributed by atoms with E-state index in [1.54, 1.807) is 51.2 Å². The van der Waals surface area contributed by atoms with E-state index in [1.165, 1.54) is 11.1 Å². The molecule has 2 aromatic rings. The van der Waals surface area contributed by atoms with Gasteiger partial charge in [-0.15, -0.1) is 0 Å². The van der Waals surface area contributed by atoms with Gasteiger partial charge in [-0.2, -0.15) is 0 Å². The van der Waals surface area contributed by atoms with Gasteiger partial charge in [0.25, 0.3) is 5.91 Å². The normalized spacial score (nSPS) is 32.0. The minimum Gasteiger partial charge on any atom is -0.490 e. The van der Waals surface area contributed by atoms with E-state index < -0.39 is 26.8 Å². The summed E-state index contributed by atoms with van der Waals surface area (Å²) in [5.41, 5.74) is 2.33. The molecular weight excluding hydrogens is 650 g/mol. The highest BCUT2D eigenvalue weighted by Crippen LogP contribution is 2.50. The van der Waals surface area contributed by atoms with Crippen molar-refractivity contribution in [1.82, 2.24) is 9.62 Å². The summed E-state index contributed by atoms with van der Waals surface area (Å²) in [6.07, 6.45) is 9.36. The van der Waals surface area contributed by atoms with Crippen LogP contribution in [0.4, 0.5) is 5.69 Å². The van der Waals surface area contributed by atoms with Crippen molar-refractivity contribution in [3.8, 4) is 5.75 Å². The van der Waals surface area contributed by atoms with E-state index in [4.69, 9.17) is 21.1 Å². The Kier molecular flexibility index (Phi) is 9.65. The molecule has 11 heteroatoms. The van der Waals surface area contributed by atoms with Crippen molar-refractivity contribution >= 4 is 39.1 Å². The number of sulfonamides is 1. The summed E-state index contributed by atoms with van der Waals surface area (Å²) in [6.45, 7) is 5.27. The van der Waals surface area contributed by atoms with Gasteiger partial charge in [-0.05, 0) is 105 Å². The zero-order chi connectivity index (χ0) is 34.4. The molecule has 0 unspecified atom stereocenters. The Bertz CT molecular complexity index is 1710. The van der Waals surface area contributed by atoms with Gasteiger partial charge in [0.1, 0.15) is 5.75 Å². The quantitative estimate of drug-likeness (QED) is 0.408. The molecule has 0 radical (unpaired) electrons. The summed E-state index contributed by atoms with van der Waals surface area (Å²) in [5, 5.41) is -0.118. The van der Waals surface area contributed by atoms with Crippen molar-refractivity contribution in [1.29, 1.82) is 0 Å². The van der Waals surface area contributed by atoms with Gasteiger partial charge in [-0.25, -0.2) is 13.1 Å². The van der Waals surface area contributed by atoms with Crippen molar-refractivity contribution in [3.05, 3.63) is 70.3 Å². The summed E-state index contributed by atoms with van der Waals surface area (Å²) < 4.78 is 42.2. The van der Waals surface area contributed by atoms with Gasteiger partial charge in [-0.1, -0.05) is 36.7 Å². The topological polar surface area (TPSA) is 105 Å². The summed E-state index contributed by atoms with van der Waals surface area (Å²) in [5.74, 6) is -0.0633. The highest BCUT2D eigenvalue weighted by atomic mass is 35.5. The molecule has 4 aliphatic rings. The molecular formula is C37H48ClN3O6S. The van der Waals surface area contributed by atoms with Gasteiger partial charge in [0.15, 0.2) is 0 Å². The third-order valence-electron chi connectivity index (χ3n) is 11.5. The van der Waals surface area contributed by atoms with E-state index in [9.17, 15) is 18.0 Å². The van der Waals surface area contributed by atoms with Crippen LogP contribution in [0.5, 0.6) is 5.75 Å². The number of carbonyl (C=O) groups is 2. The SMILES string of the molecule is CO[C@@]1(CC(=O)N(C)C)/C=C/C[C@H](C)[C@@H](C)S(=O)(=O)NC(=O)c2ccc3c(c2)N(C[C@@H]2CC[C@H]21)C[C@@]1(CCCc2cc(Cl)ccc21)CO3. The minimum atomic E-state index is -3.99. The first-order valence-electron chi connectivity index (χ1n) is 17.1. The van der Waals surface area contributed by atoms with Crippen LogP contribution in [0.1, 0.15) is 73.9 Å². The fourth-order valence-corrected chi connectivity index (χ4v) is 9.71. The number of aryl methyl sites for hydroxylation is 1. The van der Waals surface area contributed by atoms with Gasteiger partial charge in [-0.3, -0.25) is 9.59 Å². The van der Waals surface area contributed by atoms with Crippen LogP contribution in [0.25, 0.3) is 0 Å². The molecule has 9 nitrogen and oxygen atoms in total. The molecule has 2 bridgehead atoms. The maximum atomic E-state index is 13.5. The molecule has 48 heavy (non-hydrogen) atoms. The fourth-order valence-electron chi connectivity index (χ4n) is 8.23. The summed E-state index contributed by atoms with van der Waals surface area (Å²) in [7, 11) is 1.20. The van der Waals surface area contributed by atoms with Crippen molar-refractivity contribution in [2.24, 2.45) is 17.8 Å². The highest BCUT2D eigenvalue weighted by Gasteiger charge is 2.50. The largest absolute Gasteiger partial charge is 0.490 e. The summed E-state index contributed by atoms with van der Waals surface area (Å²) >= 11 is 6.44. The van der Waals surface area contributed by atoms with Gasteiger partial charge >= 0.3 is 0 Å². The standard InChI is InChI=1S/C37H48ClN3O6S/c1-24-8-6-17-37(46-5,20-34(42)40(3)4)31-13-10-28(31)21-41-22-36(16-7-9-26-18-29(38)12-14-30(26)36)23-47-33-15-11-27(19-32(33)41)35(43)39-48(44,45)25(24)2/h6,11-12,14-15,17-19,24-25,28,31H,7-10,13,16,20-23H2,1-5H3,(H,39,43)/b17-6+/t24-,25+,28-,31+,36-,37+/m0/s1. The Morgan fingerprint density at radius 1 is 1.17 bits per heavy atom. The third-order valence-corrected chi connectivity index (χ3v) is 13.7. The van der Waals surface area contributed by atoms with Crippen LogP contribution in [-0.2, 0) is 31.4 Å². The molecule has 2 heterocycles. The number of amides is 2. The second kappa shape index (κ2) is 13.3. The minimum absolute atomic E-state index is 0.0251. The predicted octanol–water partition coefficient (Wildman–Crippen LogP) is 5.75. The van der Waals surface area contributed by atoms with Gasteiger partial charge < -0.3 is 19.3 Å². The van der Waals surface area contributed by atoms with Crippen molar-refractivity contribution in [3.63, 3.8) is 0 Å². The molecule has 2 amide bonds. The van der Waals surface area contributed by atoms with Crippen LogP contribution in [-0.4, -0.2) is 76.9 Å². The number of benzene rings is 2. The number of methoxy groups -OCH3 is 1. The van der Waals surface area contributed by atoms with E-state index in [0.29, 0.717) is 31.9 Å². The number of hydrogen-bond donors (Lipinski definition) is 1. The molecule has 2 aliphatic carbocycles. The van der Waals surface area contributed by atoms with Crippen molar-refractivity contribution in [2.45, 2.75) is 75.1 Å². The van der Waals surface area contributed by atoms with Crippen LogP contribution in [0.2, 0.25) is 5.02 Å². The van der Waals surface area contributed by atoms with E-state index in [2.05, 4.69) is 21.8 Å². The first-order chi connectivity index (χ1) is 22.8. The Balaban J connectivity index is 1.47. The van der Waals surface area contributed by atoms with Crippen LogP contribution in [0.15, 0.2) is 48.6 Å². The number of allylic oxidation sites excluding steroid dienone is 1. The second-order valence-electron chi connectivity index (χ2n) is 14.7. The average Bonchev–Trinajstić information content (AvgIpc) is 3.18. The number of halogens is 1. The first kappa shape index (κ1) is 34.8. The van der Waals surface area contributed by atoms with Crippen LogP contribution >= 0.6 is 11.6 Å². The number of anilines is 1. The summed E-state index contributed by atoms with van der Waals surface area (Å²) in [6, 6.07) is 11.4. The Morgan fingerprint density at radius 3 is 2.67 bits per heavy atom. The van der Waals surface area contributed by atoms with E-state index in [0.717, 1.165) is 42.8 Å². The number of nitrogens with zero attached hydrogens (tertiary/aromatic N) is 2. The molecule has 1 saturated carbocycles. The highest BCUT2D eigenvalue weighted by molar-refractivity contribution is 7.90. The average molecular weight is 698 g/mol. The zero-order valence-corrected chi connectivity index (χ0v) is 30.2. The van der Waals surface area contributed by atoms with Crippen LogP contribution < -0.4 is 14.4 Å². The lowest BCUT2D eigenvalue weighted by atomic mass is 9.62. The van der Waals surface area contributed by atoms with Crippen LogP contribution in [0.3, 0.4) is 0 Å². The molecule has 6 rings (SSSR count). The Hall–Kier alpha value is -3.08. The van der Waals surface area contributed by atoms with Gasteiger partial charge in [0, 0.05) is 50.3 Å². The first-order valence-corrected chi connectivity index (χ1v) is 19.0. The van der Waals surface area contributed by atoms with E-state index in [-0.39, 0.29) is 41.1 Å². The zero-order valence-electron chi connectivity index (χ0n) is 28.6. The molecule has 260 valence electrons. The molecule has 1 fully saturated rings. The van der Waals surface area contributed by atoms with Crippen molar-refractivity contribution in [2.75, 3.05) is 45.8 Å². The number of nitrogens with one attached hydrogen (secondary N) is 1. The lowest BCUT2D eigenvalue weighted by Crippen LogP contribution is -2.54. The van der Waals surface area contributed by atoms with E-state index in [1.807, 2.05) is 25.1 Å². The molecule has 2 aromatic carbocycles. The molecule has 1 spiro atoms. The maximum Gasteiger partial charge on any atom is 0.264 e. The smallest absolute Gasteiger partial charge is 0.264 e. The fraction of sp³-hybridized carbons (Fsp3) is 0.568. The lowest BCUT2D eigenvalue weighted by molar-refractivity contribution is -0.140. The van der Waals surface area contributed by atoms with E-state index >= 15 is 0 Å². The Morgan fingerprint density at radius 2 is 1.96 bits per heavy atom. The number of hydrogen-bond acceptors (Lipinski definition) is 7. The number of ether oxygens (including phenoxy) is 2. The molecule has 0 aromatic heterocycles. The molecule has 0 saturated heterocycles. The maximum absolute atomic E-state index is 13.5. The second-order valence-corrected chi connectivity index (χ2v) is 17.1. The van der Waals surface area contributed by atoms with Gasteiger partial charge in [0.05, 0.1) is 29.6 Å². The number of rotatable bonds is 3. The van der Waals surface area contributed by atoms with Crippen molar-refractivity contribution < 1.29 is 27.5 Å². The summed E-state index contributed by atoms with van der Waals surface area (Å²) in [4.78, 5) is 30.7. The lowest BCUT2D eigenvalue weighted by Gasteiger charge is -2.50. The third kappa shape index (κ3) is 6.48. The van der Waals surface area contributed by atoms with Crippen LogP contribution in [0, 0.1) is 17.8 Å². The monoisotopic (exact) mass is 697 g/mol. The number of carbonyl (C=O) groups excluding carboxylic acids is 2. The predicted molar refractivity (Wildman–Crippen MR) is 188 cm³/mol.